The van der Waals surface area contributed by atoms with Crippen LogP contribution in [-0.4, -0.2) is 15.8 Å². The van der Waals surface area contributed by atoms with Crippen molar-refractivity contribution in [2.24, 2.45) is 5.10 Å². The maximum atomic E-state index is 4.61. The van der Waals surface area contributed by atoms with E-state index in [1.54, 1.807) is 11.3 Å². The average molecular weight is 451 g/mol. The molecule has 4 nitrogen and oxygen atoms in total. The van der Waals surface area contributed by atoms with Crippen LogP contribution in [0.1, 0.15) is 17.0 Å². The number of benzene rings is 2. The summed E-state index contributed by atoms with van der Waals surface area (Å²) in [7, 11) is 0. The van der Waals surface area contributed by atoms with Gasteiger partial charge < -0.3 is 4.57 Å². The van der Waals surface area contributed by atoms with E-state index in [0.717, 1.165) is 37.8 Å². The van der Waals surface area contributed by atoms with Gasteiger partial charge in [0, 0.05) is 38.1 Å². The fraction of sp³-hybridized carbons (Fsp3) is 0.0909. The topological polar surface area (TPSA) is 42.2 Å². The molecule has 4 aromatic rings. The van der Waals surface area contributed by atoms with E-state index < -0.39 is 0 Å². The van der Waals surface area contributed by atoms with Gasteiger partial charge >= 0.3 is 0 Å². The third-order valence-electron chi connectivity index (χ3n) is 4.49. The van der Waals surface area contributed by atoms with Crippen LogP contribution >= 0.6 is 27.3 Å². The summed E-state index contributed by atoms with van der Waals surface area (Å²) in [6.45, 7) is 4.21. The number of hydrogen-bond acceptors (Lipinski definition) is 4. The highest BCUT2D eigenvalue weighted by atomic mass is 79.9. The number of halogens is 1. The maximum Gasteiger partial charge on any atom is 0.203 e. The molecule has 0 unspecified atom stereocenters. The first kappa shape index (κ1) is 18.7. The lowest BCUT2D eigenvalue weighted by molar-refractivity contribution is 0.965. The number of para-hydroxylation sites is 1. The Labute approximate surface area is 176 Å². The predicted octanol–water partition coefficient (Wildman–Crippen LogP) is 6.43. The number of nitrogens with one attached hydrogen (secondary N) is 1. The summed E-state index contributed by atoms with van der Waals surface area (Å²) in [4.78, 5) is 4.61. The van der Waals surface area contributed by atoms with E-state index >= 15 is 0 Å². The van der Waals surface area contributed by atoms with Crippen molar-refractivity contribution in [1.82, 2.24) is 9.55 Å². The third kappa shape index (κ3) is 3.93. The largest absolute Gasteiger partial charge is 0.318 e. The van der Waals surface area contributed by atoms with Gasteiger partial charge in [-0.2, -0.15) is 5.10 Å². The highest BCUT2D eigenvalue weighted by molar-refractivity contribution is 9.10. The van der Waals surface area contributed by atoms with Crippen molar-refractivity contribution in [3.8, 4) is 16.9 Å². The van der Waals surface area contributed by atoms with Crippen molar-refractivity contribution in [3.63, 3.8) is 0 Å². The Morgan fingerprint density at radius 3 is 2.57 bits per heavy atom. The molecule has 0 bridgehead atoms. The van der Waals surface area contributed by atoms with Crippen LogP contribution in [0.25, 0.3) is 16.9 Å². The van der Waals surface area contributed by atoms with Gasteiger partial charge in [-0.3, -0.25) is 5.43 Å². The van der Waals surface area contributed by atoms with E-state index in [0.29, 0.717) is 0 Å². The summed E-state index contributed by atoms with van der Waals surface area (Å²) in [6.07, 6.45) is 1.85. The molecule has 140 valence electrons. The van der Waals surface area contributed by atoms with Crippen LogP contribution in [0.15, 0.2) is 75.6 Å². The number of hydrazone groups is 1. The van der Waals surface area contributed by atoms with Gasteiger partial charge in [-0.25, -0.2) is 4.98 Å². The number of rotatable bonds is 5. The molecule has 0 aliphatic rings. The number of hydrogen-bond donors (Lipinski definition) is 1. The van der Waals surface area contributed by atoms with Gasteiger partial charge in [0.25, 0.3) is 0 Å². The molecule has 6 heteroatoms. The molecule has 0 aliphatic carbocycles. The molecule has 0 saturated carbocycles. The van der Waals surface area contributed by atoms with Gasteiger partial charge in [0.1, 0.15) is 0 Å². The molecule has 0 spiro atoms. The zero-order valence-electron chi connectivity index (χ0n) is 15.6. The predicted molar refractivity (Wildman–Crippen MR) is 122 cm³/mol. The zero-order chi connectivity index (χ0) is 19.5. The maximum absolute atomic E-state index is 4.61. The lowest BCUT2D eigenvalue weighted by atomic mass is 10.2. The minimum atomic E-state index is 0.769. The molecule has 2 heterocycles. The number of aryl methyl sites for hydroxylation is 1. The van der Waals surface area contributed by atoms with Crippen molar-refractivity contribution in [2.75, 3.05) is 5.43 Å². The standard InChI is InChI=1S/C22H19BrN4S/c1-15-12-18(16(2)27(15)20-6-4-3-5-7-20)13-24-26-22-25-21(14-28-22)17-8-10-19(23)11-9-17/h3-14H,1-2H3,(H,25,26). The highest BCUT2D eigenvalue weighted by Crippen LogP contribution is 2.26. The zero-order valence-corrected chi connectivity index (χ0v) is 18.0. The van der Waals surface area contributed by atoms with E-state index in [4.69, 9.17) is 0 Å². The monoisotopic (exact) mass is 450 g/mol. The SMILES string of the molecule is Cc1cc(C=NNc2nc(-c3ccc(Br)cc3)cs2)c(C)n1-c1ccccc1. The number of nitrogens with zero attached hydrogens (tertiary/aromatic N) is 3. The Bertz CT molecular complexity index is 1110. The molecular weight excluding hydrogens is 432 g/mol. The quantitative estimate of drug-likeness (QED) is 0.281. The molecule has 0 saturated heterocycles. The minimum Gasteiger partial charge on any atom is -0.318 e. The summed E-state index contributed by atoms with van der Waals surface area (Å²) in [5.41, 5.74) is 9.65. The van der Waals surface area contributed by atoms with Gasteiger partial charge in [0.2, 0.25) is 5.13 Å². The number of anilines is 1. The summed E-state index contributed by atoms with van der Waals surface area (Å²) in [6, 6.07) is 20.6. The molecule has 0 fully saturated rings. The van der Waals surface area contributed by atoms with E-state index in [1.165, 1.54) is 5.69 Å². The average Bonchev–Trinajstić information content (AvgIpc) is 3.28. The van der Waals surface area contributed by atoms with Crippen LogP contribution in [0.4, 0.5) is 5.13 Å². The van der Waals surface area contributed by atoms with Gasteiger partial charge in [-0.1, -0.05) is 46.3 Å². The molecule has 4 rings (SSSR count). The van der Waals surface area contributed by atoms with Gasteiger partial charge in [0.05, 0.1) is 11.9 Å². The second kappa shape index (κ2) is 8.12. The smallest absolute Gasteiger partial charge is 0.203 e. The van der Waals surface area contributed by atoms with Gasteiger partial charge in [0.15, 0.2) is 0 Å². The van der Waals surface area contributed by atoms with Crippen LogP contribution in [0.3, 0.4) is 0 Å². The summed E-state index contributed by atoms with van der Waals surface area (Å²) >= 11 is 5.00. The summed E-state index contributed by atoms with van der Waals surface area (Å²) in [5, 5.41) is 7.19. The molecular formula is C22H19BrN4S. The van der Waals surface area contributed by atoms with E-state index in [-0.39, 0.29) is 0 Å². The Kier molecular flexibility index (Phi) is 5.41. The molecule has 1 N–H and O–H groups in total. The van der Waals surface area contributed by atoms with Crippen LogP contribution in [-0.2, 0) is 0 Å². The van der Waals surface area contributed by atoms with E-state index in [2.05, 4.69) is 80.2 Å². The summed E-state index contributed by atoms with van der Waals surface area (Å²) < 4.78 is 3.29. The van der Waals surface area contributed by atoms with E-state index in [1.807, 2.05) is 41.9 Å². The second-order valence-corrected chi connectivity index (χ2v) is 8.19. The Balaban J connectivity index is 1.50. The van der Waals surface area contributed by atoms with Gasteiger partial charge in [-0.05, 0) is 44.2 Å². The molecule has 2 aromatic carbocycles. The molecule has 2 aromatic heterocycles. The summed E-state index contributed by atoms with van der Waals surface area (Å²) in [5.74, 6) is 0. The van der Waals surface area contributed by atoms with Crippen LogP contribution in [0.2, 0.25) is 0 Å². The minimum absolute atomic E-state index is 0.769. The fourth-order valence-electron chi connectivity index (χ4n) is 3.13. The highest BCUT2D eigenvalue weighted by Gasteiger charge is 2.09. The molecule has 28 heavy (non-hydrogen) atoms. The molecule has 0 aliphatic heterocycles. The first-order valence-electron chi connectivity index (χ1n) is 8.87. The normalized spacial score (nSPS) is 11.2. The third-order valence-corrected chi connectivity index (χ3v) is 5.77. The lowest BCUT2D eigenvalue weighted by Gasteiger charge is -2.08. The number of aromatic nitrogens is 2. The Hall–Kier alpha value is -2.70. The van der Waals surface area contributed by atoms with E-state index in [9.17, 15) is 0 Å². The molecule has 0 radical (unpaired) electrons. The molecule has 0 amide bonds. The van der Waals surface area contributed by atoms with Crippen LogP contribution in [0, 0.1) is 13.8 Å². The lowest BCUT2D eigenvalue weighted by Crippen LogP contribution is -1.99. The first-order valence-corrected chi connectivity index (χ1v) is 10.5. The van der Waals surface area contributed by atoms with Crippen LogP contribution < -0.4 is 5.43 Å². The number of thiazole rings is 1. The fourth-order valence-corrected chi connectivity index (χ4v) is 4.06. The Morgan fingerprint density at radius 2 is 1.82 bits per heavy atom. The van der Waals surface area contributed by atoms with Crippen molar-refractivity contribution in [1.29, 1.82) is 0 Å². The molecule has 0 atom stereocenters. The first-order chi connectivity index (χ1) is 13.6. The second-order valence-electron chi connectivity index (χ2n) is 6.41. The Morgan fingerprint density at radius 1 is 1.07 bits per heavy atom. The van der Waals surface area contributed by atoms with Crippen molar-refractivity contribution in [2.45, 2.75) is 13.8 Å². The van der Waals surface area contributed by atoms with Crippen molar-refractivity contribution < 1.29 is 0 Å². The van der Waals surface area contributed by atoms with Gasteiger partial charge in [-0.15, -0.1) is 11.3 Å². The van der Waals surface area contributed by atoms with Crippen molar-refractivity contribution in [3.05, 3.63) is 87.5 Å². The van der Waals surface area contributed by atoms with Crippen LogP contribution in [0.5, 0.6) is 0 Å². The van der Waals surface area contributed by atoms with Crippen molar-refractivity contribution >= 4 is 38.6 Å².